The highest BCUT2D eigenvalue weighted by molar-refractivity contribution is 9.10. The Bertz CT molecular complexity index is 818. The van der Waals surface area contributed by atoms with Gasteiger partial charge in [0.1, 0.15) is 17.5 Å². The van der Waals surface area contributed by atoms with Crippen LogP contribution >= 0.6 is 27.3 Å². The van der Waals surface area contributed by atoms with Crippen LogP contribution in [0.3, 0.4) is 0 Å². The quantitative estimate of drug-likeness (QED) is 0.724. The Balaban J connectivity index is 2.22. The minimum absolute atomic E-state index is 0.265. The third-order valence-corrected chi connectivity index (χ3v) is 4.51. The molecule has 0 saturated heterocycles. The molecule has 0 aliphatic rings. The molecule has 2 aromatic heterocycles. The van der Waals surface area contributed by atoms with Crippen molar-refractivity contribution in [3.8, 4) is 27.8 Å². The summed E-state index contributed by atoms with van der Waals surface area (Å²) in [6, 6.07) is 15.8. The number of anilines is 1. The Morgan fingerprint density at radius 1 is 1.19 bits per heavy atom. The molecule has 0 aliphatic carbocycles. The Hall–Kier alpha value is -2.16. The van der Waals surface area contributed by atoms with Crippen LogP contribution in [-0.4, -0.2) is 4.98 Å². The van der Waals surface area contributed by atoms with E-state index >= 15 is 0 Å². The lowest BCUT2D eigenvalue weighted by Gasteiger charge is -2.09. The van der Waals surface area contributed by atoms with Gasteiger partial charge in [-0.05, 0) is 35.2 Å². The molecule has 0 fully saturated rings. The molecule has 0 aliphatic heterocycles. The summed E-state index contributed by atoms with van der Waals surface area (Å²) in [5.74, 6) is 0.265. The fourth-order valence-corrected chi connectivity index (χ4v) is 3.04. The van der Waals surface area contributed by atoms with Crippen LogP contribution in [0, 0.1) is 11.3 Å². The highest BCUT2D eigenvalue weighted by atomic mass is 79.9. The van der Waals surface area contributed by atoms with E-state index < -0.39 is 0 Å². The number of nitriles is 1. The molecule has 0 unspecified atom stereocenters. The highest BCUT2D eigenvalue weighted by Gasteiger charge is 2.13. The summed E-state index contributed by atoms with van der Waals surface area (Å²) in [5, 5.41) is 11.4. The molecule has 2 N–H and O–H groups in total. The van der Waals surface area contributed by atoms with Gasteiger partial charge in [0.25, 0.3) is 0 Å². The average molecular weight is 356 g/mol. The number of benzene rings is 1. The molecule has 0 amide bonds. The topological polar surface area (TPSA) is 62.7 Å². The van der Waals surface area contributed by atoms with E-state index in [-0.39, 0.29) is 5.82 Å². The lowest BCUT2D eigenvalue weighted by Crippen LogP contribution is -1.99. The molecule has 3 aromatic rings. The summed E-state index contributed by atoms with van der Waals surface area (Å²) in [5.41, 5.74) is 8.93. The van der Waals surface area contributed by atoms with E-state index in [2.05, 4.69) is 27.0 Å². The van der Waals surface area contributed by atoms with Crippen LogP contribution in [0.15, 0.2) is 52.3 Å². The van der Waals surface area contributed by atoms with E-state index in [1.165, 1.54) is 0 Å². The van der Waals surface area contributed by atoms with E-state index in [1.807, 2.05) is 47.8 Å². The standard InChI is InChI=1S/C16H10BrN3S/c17-11-5-3-10(4-6-11)12-8-14(15-2-1-7-21-15)20-16(19)13(12)9-18/h1-8H,(H2,19,20). The summed E-state index contributed by atoms with van der Waals surface area (Å²) in [4.78, 5) is 5.38. The van der Waals surface area contributed by atoms with Crippen molar-refractivity contribution < 1.29 is 0 Å². The zero-order valence-electron chi connectivity index (χ0n) is 10.9. The van der Waals surface area contributed by atoms with Crippen LogP contribution in [0.5, 0.6) is 0 Å². The van der Waals surface area contributed by atoms with Gasteiger partial charge < -0.3 is 5.73 Å². The number of aromatic nitrogens is 1. The van der Waals surface area contributed by atoms with Gasteiger partial charge in [-0.3, -0.25) is 0 Å². The summed E-state index contributed by atoms with van der Waals surface area (Å²) >= 11 is 5.01. The number of halogens is 1. The number of nitrogens with zero attached hydrogens (tertiary/aromatic N) is 2. The van der Waals surface area contributed by atoms with Crippen molar-refractivity contribution in [3.63, 3.8) is 0 Å². The molecule has 0 spiro atoms. The lowest BCUT2D eigenvalue weighted by atomic mass is 10.00. The number of nitrogen functional groups attached to an aromatic ring is 1. The van der Waals surface area contributed by atoms with E-state index in [1.54, 1.807) is 11.3 Å². The fraction of sp³-hybridized carbons (Fsp3) is 0. The second kappa shape index (κ2) is 5.68. The zero-order valence-corrected chi connectivity index (χ0v) is 13.3. The Morgan fingerprint density at radius 3 is 2.57 bits per heavy atom. The highest BCUT2D eigenvalue weighted by Crippen LogP contribution is 2.33. The molecule has 3 rings (SSSR count). The zero-order chi connectivity index (χ0) is 14.8. The van der Waals surface area contributed by atoms with Crippen molar-refractivity contribution in [1.29, 1.82) is 5.26 Å². The Kier molecular flexibility index (Phi) is 3.74. The van der Waals surface area contributed by atoms with Crippen molar-refractivity contribution in [2.24, 2.45) is 0 Å². The summed E-state index contributed by atoms with van der Waals surface area (Å²) < 4.78 is 0.991. The van der Waals surface area contributed by atoms with Crippen molar-refractivity contribution in [2.45, 2.75) is 0 Å². The van der Waals surface area contributed by atoms with Crippen LogP contribution in [0.4, 0.5) is 5.82 Å². The van der Waals surface area contributed by atoms with Gasteiger partial charge in [0.2, 0.25) is 0 Å². The second-order valence-corrected chi connectivity index (χ2v) is 6.27. The minimum Gasteiger partial charge on any atom is -0.383 e. The number of pyridine rings is 1. The third-order valence-electron chi connectivity index (χ3n) is 3.09. The normalized spacial score (nSPS) is 10.3. The predicted molar refractivity (Wildman–Crippen MR) is 89.8 cm³/mol. The van der Waals surface area contributed by atoms with Crippen LogP contribution in [0.25, 0.3) is 21.7 Å². The molecule has 21 heavy (non-hydrogen) atoms. The molecule has 3 nitrogen and oxygen atoms in total. The van der Waals surface area contributed by atoms with Crippen LogP contribution < -0.4 is 5.73 Å². The predicted octanol–water partition coefficient (Wildman–Crippen LogP) is 4.69. The monoisotopic (exact) mass is 355 g/mol. The molecule has 0 radical (unpaired) electrons. The maximum absolute atomic E-state index is 9.36. The van der Waals surface area contributed by atoms with Gasteiger partial charge >= 0.3 is 0 Å². The maximum Gasteiger partial charge on any atom is 0.142 e. The van der Waals surface area contributed by atoms with Crippen LogP contribution in [-0.2, 0) is 0 Å². The third kappa shape index (κ3) is 2.68. The molecule has 0 bridgehead atoms. The van der Waals surface area contributed by atoms with E-state index in [9.17, 15) is 5.26 Å². The molecule has 5 heteroatoms. The molecule has 0 saturated carbocycles. The van der Waals surface area contributed by atoms with Gasteiger partial charge in [0, 0.05) is 10.0 Å². The van der Waals surface area contributed by atoms with E-state index in [0.29, 0.717) is 5.56 Å². The summed E-state index contributed by atoms with van der Waals surface area (Å²) in [6.45, 7) is 0. The first-order chi connectivity index (χ1) is 10.2. The fourth-order valence-electron chi connectivity index (χ4n) is 2.09. The smallest absolute Gasteiger partial charge is 0.142 e. The molecule has 0 atom stereocenters. The molecular formula is C16H10BrN3S. The first-order valence-corrected chi connectivity index (χ1v) is 7.87. The Morgan fingerprint density at radius 2 is 1.95 bits per heavy atom. The number of hydrogen-bond acceptors (Lipinski definition) is 4. The molecular weight excluding hydrogens is 346 g/mol. The summed E-state index contributed by atoms with van der Waals surface area (Å²) in [7, 11) is 0. The van der Waals surface area contributed by atoms with Gasteiger partial charge in [0.05, 0.1) is 10.6 Å². The van der Waals surface area contributed by atoms with Gasteiger partial charge in [-0.25, -0.2) is 4.98 Å². The van der Waals surface area contributed by atoms with E-state index in [0.717, 1.165) is 26.2 Å². The molecule has 102 valence electrons. The van der Waals surface area contributed by atoms with Crippen molar-refractivity contribution >= 4 is 33.1 Å². The van der Waals surface area contributed by atoms with Crippen LogP contribution in [0.2, 0.25) is 0 Å². The summed E-state index contributed by atoms with van der Waals surface area (Å²) in [6.07, 6.45) is 0. The molecule has 2 heterocycles. The second-order valence-electron chi connectivity index (χ2n) is 4.41. The van der Waals surface area contributed by atoms with Crippen molar-refractivity contribution in [1.82, 2.24) is 4.98 Å². The Labute approximate surface area is 134 Å². The maximum atomic E-state index is 9.36. The lowest BCUT2D eigenvalue weighted by molar-refractivity contribution is 1.32. The van der Waals surface area contributed by atoms with Crippen molar-refractivity contribution in [3.05, 3.63) is 57.9 Å². The number of nitrogens with two attached hydrogens (primary N) is 1. The van der Waals surface area contributed by atoms with E-state index in [4.69, 9.17) is 5.73 Å². The van der Waals surface area contributed by atoms with Gasteiger partial charge in [0.15, 0.2) is 0 Å². The average Bonchev–Trinajstić information content (AvgIpc) is 3.01. The van der Waals surface area contributed by atoms with Gasteiger partial charge in [-0.1, -0.05) is 34.1 Å². The van der Waals surface area contributed by atoms with Gasteiger partial charge in [-0.2, -0.15) is 5.26 Å². The number of rotatable bonds is 2. The number of thiophene rings is 1. The first kappa shape index (κ1) is 13.8. The minimum atomic E-state index is 0.265. The molecule has 1 aromatic carbocycles. The van der Waals surface area contributed by atoms with Crippen molar-refractivity contribution in [2.75, 3.05) is 5.73 Å². The first-order valence-electron chi connectivity index (χ1n) is 6.19. The van der Waals surface area contributed by atoms with Crippen LogP contribution in [0.1, 0.15) is 5.56 Å². The SMILES string of the molecule is N#Cc1c(-c2ccc(Br)cc2)cc(-c2cccs2)nc1N. The largest absolute Gasteiger partial charge is 0.383 e. The van der Waals surface area contributed by atoms with Gasteiger partial charge in [-0.15, -0.1) is 11.3 Å². The number of hydrogen-bond donors (Lipinski definition) is 1.